The quantitative estimate of drug-likeness (QED) is 0.307. The number of amides is 2. The smallest absolute Gasteiger partial charge is 0.320 e. The topological polar surface area (TPSA) is 61.6 Å². The van der Waals surface area contributed by atoms with Gasteiger partial charge in [-0.2, -0.15) is 0 Å². The standard InChI is InChI=1S/C29H28F2N6O/c30-28(31)19-12-20-17-36(29(38)34-7-3-1-4-8-34)11-10-35-18-24(21(13-19)27(20)35)22-14-32-15-23(22)25-16-33-26-6-2-5-9-37(25)26/h2,5-6,9,12-16,18,28,32H,1,3-4,7-8,10-11,17H2. The molecule has 2 amide bonds. The van der Waals surface area contributed by atoms with Crippen LogP contribution in [-0.2, 0) is 13.1 Å². The second-order valence-corrected chi connectivity index (χ2v) is 10.2. The predicted molar refractivity (Wildman–Crippen MR) is 142 cm³/mol. The van der Waals surface area contributed by atoms with Gasteiger partial charge >= 0.3 is 6.03 Å². The number of pyridine rings is 1. The van der Waals surface area contributed by atoms with E-state index in [-0.39, 0.29) is 11.6 Å². The van der Waals surface area contributed by atoms with E-state index < -0.39 is 6.43 Å². The van der Waals surface area contributed by atoms with Crippen LogP contribution in [0.4, 0.5) is 13.6 Å². The highest BCUT2D eigenvalue weighted by molar-refractivity contribution is 6.01. The van der Waals surface area contributed by atoms with E-state index in [0.717, 1.165) is 76.8 Å². The molecule has 1 N–H and O–H groups in total. The molecular weight excluding hydrogens is 486 g/mol. The van der Waals surface area contributed by atoms with Crippen LogP contribution in [0.2, 0.25) is 0 Å². The van der Waals surface area contributed by atoms with Gasteiger partial charge in [0.05, 0.1) is 17.4 Å². The molecule has 7 rings (SSSR count). The maximum absolute atomic E-state index is 14.1. The number of alkyl halides is 2. The SMILES string of the molecule is O=C(N1CCCCC1)N1CCn2cc(-c3c[nH]cc3-c3cnc4ccccn34)c3cc(C(F)F)cc(c32)C1. The summed E-state index contributed by atoms with van der Waals surface area (Å²) in [5.41, 5.74) is 6.19. The Morgan fingerprint density at radius 2 is 1.79 bits per heavy atom. The van der Waals surface area contributed by atoms with Gasteiger partial charge < -0.3 is 19.4 Å². The zero-order valence-electron chi connectivity index (χ0n) is 20.9. The number of imidazole rings is 1. The molecule has 0 spiro atoms. The Bertz CT molecular complexity index is 1660. The number of urea groups is 1. The zero-order chi connectivity index (χ0) is 25.8. The summed E-state index contributed by atoms with van der Waals surface area (Å²) in [4.78, 5) is 24.8. The van der Waals surface area contributed by atoms with Crippen molar-refractivity contribution in [3.05, 3.63) is 72.4 Å². The Kier molecular flexibility index (Phi) is 5.45. The Labute approximate surface area is 218 Å². The van der Waals surface area contributed by atoms with Gasteiger partial charge in [-0.25, -0.2) is 18.6 Å². The van der Waals surface area contributed by atoms with E-state index >= 15 is 0 Å². The number of piperidine rings is 1. The summed E-state index contributed by atoms with van der Waals surface area (Å²) in [5, 5.41) is 0.778. The van der Waals surface area contributed by atoms with E-state index in [1.807, 2.05) is 63.4 Å². The van der Waals surface area contributed by atoms with Crippen LogP contribution in [0.25, 0.3) is 38.9 Å². The molecule has 38 heavy (non-hydrogen) atoms. The number of rotatable bonds is 3. The lowest BCUT2D eigenvalue weighted by Gasteiger charge is -2.32. The van der Waals surface area contributed by atoms with Crippen LogP contribution in [0.5, 0.6) is 0 Å². The molecule has 2 aliphatic heterocycles. The number of fused-ring (bicyclic) bond motifs is 1. The van der Waals surface area contributed by atoms with Crippen LogP contribution in [-0.4, -0.2) is 54.4 Å². The van der Waals surface area contributed by atoms with Gasteiger partial charge in [0.1, 0.15) is 5.65 Å². The molecule has 0 unspecified atom stereocenters. The Morgan fingerprint density at radius 3 is 2.63 bits per heavy atom. The third-order valence-corrected chi connectivity index (χ3v) is 7.92. The number of carbonyl (C=O) groups is 1. The van der Waals surface area contributed by atoms with Crippen LogP contribution in [0, 0.1) is 0 Å². The number of halogens is 2. The second kappa shape index (κ2) is 9.01. The lowest BCUT2D eigenvalue weighted by molar-refractivity contribution is 0.140. The van der Waals surface area contributed by atoms with Crippen LogP contribution < -0.4 is 0 Å². The van der Waals surface area contributed by atoms with E-state index in [1.165, 1.54) is 0 Å². The maximum Gasteiger partial charge on any atom is 0.320 e. The Morgan fingerprint density at radius 1 is 0.947 bits per heavy atom. The first kappa shape index (κ1) is 23.0. The van der Waals surface area contributed by atoms with Crippen molar-refractivity contribution in [2.45, 2.75) is 38.8 Å². The highest BCUT2D eigenvalue weighted by Crippen LogP contribution is 2.41. The molecule has 2 aliphatic rings. The first-order valence-corrected chi connectivity index (χ1v) is 13.2. The second-order valence-electron chi connectivity index (χ2n) is 10.2. The molecule has 6 heterocycles. The third kappa shape index (κ3) is 3.68. The summed E-state index contributed by atoms with van der Waals surface area (Å²) in [5.74, 6) is 0. The largest absolute Gasteiger partial charge is 0.366 e. The molecule has 0 atom stereocenters. The highest BCUT2D eigenvalue weighted by Gasteiger charge is 2.28. The fourth-order valence-corrected chi connectivity index (χ4v) is 6.08. The summed E-state index contributed by atoms with van der Waals surface area (Å²) >= 11 is 0. The molecule has 0 bridgehead atoms. The van der Waals surface area contributed by atoms with Crippen molar-refractivity contribution in [2.24, 2.45) is 0 Å². The molecule has 1 saturated heterocycles. The highest BCUT2D eigenvalue weighted by atomic mass is 19.3. The number of benzene rings is 1. The summed E-state index contributed by atoms with van der Waals surface area (Å²) in [7, 11) is 0. The molecular formula is C29H28F2N6O. The number of nitrogens with zero attached hydrogens (tertiary/aromatic N) is 5. The minimum atomic E-state index is -2.61. The normalized spacial score (nSPS) is 16.1. The fourth-order valence-electron chi connectivity index (χ4n) is 6.08. The first-order valence-electron chi connectivity index (χ1n) is 13.2. The number of hydrogen-bond acceptors (Lipinski definition) is 2. The molecule has 9 heteroatoms. The van der Waals surface area contributed by atoms with Crippen LogP contribution in [0.15, 0.2) is 61.3 Å². The van der Waals surface area contributed by atoms with Crippen molar-refractivity contribution in [3.8, 4) is 22.4 Å². The summed E-state index contributed by atoms with van der Waals surface area (Å²) in [6, 6.07) is 9.06. The van der Waals surface area contributed by atoms with E-state index in [9.17, 15) is 13.6 Å². The van der Waals surface area contributed by atoms with E-state index in [0.29, 0.717) is 19.6 Å². The average Bonchev–Trinajstić information content (AvgIpc) is 3.64. The van der Waals surface area contributed by atoms with Crippen molar-refractivity contribution in [1.29, 1.82) is 0 Å². The molecule has 0 saturated carbocycles. The van der Waals surface area contributed by atoms with Gasteiger partial charge in [-0.3, -0.25) is 4.40 Å². The Balaban J connectivity index is 1.35. The third-order valence-electron chi connectivity index (χ3n) is 7.92. The number of hydrogen-bond donors (Lipinski definition) is 1. The van der Waals surface area contributed by atoms with Crippen molar-refractivity contribution < 1.29 is 13.6 Å². The van der Waals surface area contributed by atoms with Crippen LogP contribution >= 0.6 is 0 Å². The van der Waals surface area contributed by atoms with Crippen LogP contribution in [0.1, 0.15) is 36.8 Å². The number of likely N-dealkylation sites (tertiary alicyclic amines) is 1. The monoisotopic (exact) mass is 514 g/mol. The number of H-pyrrole nitrogens is 1. The fraction of sp³-hybridized carbons (Fsp3) is 0.310. The predicted octanol–water partition coefficient (Wildman–Crippen LogP) is 6.31. The van der Waals surface area contributed by atoms with E-state index in [2.05, 4.69) is 14.5 Å². The van der Waals surface area contributed by atoms with E-state index in [4.69, 9.17) is 0 Å². The van der Waals surface area contributed by atoms with Gasteiger partial charge in [0.2, 0.25) is 0 Å². The minimum Gasteiger partial charge on any atom is -0.366 e. The minimum absolute atomic E-state index is 0.00630. The van der Waals surface area contributed by atoms with Crippen molar-refractivity contribution in [1.82, 2.24) is 28.7 Å². The molecule has 4 aromatic heterocycles. The lowest BCUT2D eigenvalue weighted by Crippen LogP contribution is -2.45. The van der Waals surface area contributed by atoms with Gasteiger partial charge in [-0.05, 0) is 49.1 Å². The molecule has 7 nitrogen and oxygen atoms in total. The van der Waals surface area contributed by atoms with Gasteiger partial charge in [0.25, 0.3) is 6.43 Å². The first-order chi connectivity index (χ1) is 18.6. The molecule has 1 aromatic carbocycles. The van der Waals surface area contributed by atoms with Crippen molar-refractivity contribution in [3.63, 3.8) is 0 Å². The average molecular weight is 515 g/mol. The number of aromatic amines is 1. The lowest BCUT2D eigenvalue weighted by atomic mass is 9.98. The molecule has 0 aliphatic carbocycles. The van der Waals surface area contributed by atoms with Gasteiger partial charge in [0.15, 0.2) is 0 Å². The molecule has 1 fully saturated rings. The summed E-state index contributed by atoms with van der Waals surface area (Å²) < 4.78 is 32.4. The molecule has 0 radical (unpaired) electrons. The maximum atomic E-state index is 14.1. The number of nitrogens with one attached hydrogen (secondary N) is 1. The molecule has 5 aromatic rings. The van der Waals surface area contributed by atoms with Crippen molar-refractivity contribution >= 4 is 22.6 Å². The molecule has 194 valence electrons. The summed E-state index contributed by atoms with van der Waals surface area (Å²) in [6.07, 6.45) is 10.3. The van der Waals surface area contributed by atoms with Gasteiger partial charge in [-0.1, -0.05) is 6.07 Å². The van der Waals surface area contributed by atoms with Crippen molar-refractivity contribution in [2.75, 3.05) is 19.6 Å². The van der Waals surface area contributed by atoms with Gasteiger partial charge in [0, 0.05) is 85.2 Å². The van der Waals surface area contributed by atoms with E-state index in [1.54, 1.807) is 12.1 Å². The Hall–Kier alpha value is -4.14. The van der Waals surface area contributed by atoms with Crippen LogP contribution in [0.3, 0.4) is 0 Å². The zero-order valence-corrected chi connectivity index (χ0v) is 20.9. The number of carbonyl (C=O) groups excluding carboxylic acids is 1. The number of aromatic nitrogens is 4. The van der Waals surface area contributed by atoms with Gasteiger partial charge in [-0.15, -0.1) is 0 Å². The summed E-state index contributed by atoms with van der Waals surface area (Å²) in [6.45, 7) is 2.98.